The average Bonchev–Trinajstić information content (AvgIpc) is 3.18. The molecule has 18 heavy (non-hydrogen) atoms. The van der Waals surface area contributed by atoms with Crippen LogP contribution in [0.5, 0.6) is 0 Å². The molecule has 1 aliphatic rings. The normalized spacial score (nSPS) is 14.8. The molecule has 0 saturated heterocycles. The van der Waals surface area contributed by atoms with E-state index in [2.05, 4.69) is 37.5 Å². The molecular weight excluding hydrogens is 384 g/mol. The Morgan fingerprint density at radius 3 is 2.56 bits per heavy atom. The van der Waals surface area contributed by atoms with Gasteiger partial charge in [0, 0.05) is 12.1 Å². The number of rotatable bonds is 2. The minimum atomic E-state index is 0.499. The summed E-state index contributed by atoms with van der Waals surface area (Å²) in [6.07, 6.45) is 3.94. The molecule has 0 amide bonds. The van der Waals surface area contributed by atoms with Crippen LogP contribution in [0.3, 0.4) is 0 Å². The maximum atomic E-state index is 6.16. The summed E-state index contributed by atoms with van der Waals surface area (Å²) >= 11 is 14.2. The highest BCUT2D eigenvalue weighted by Crippen LogP contribution is 2.42. The van der Waals surface area contributed by atoms with Crippen molar-refractivity contribution in [3.63, 3.8) is 0 Å². The Morgan fingerprint density at radius 1 is 1.17 bits per heavy atom. The Morgan fingerprint density at radius 2 is 1.94 bits per heavy atom. The van der Waals surface area contributed by atoms with Gasteiger partial charge in [-0.15, -0.1) is 0 Å². The zero-order valence-electron chi connectivity index (χ0n) is 9.20. The Bertz CT molecular complexity index is 597. The van der Waals surface area contributed by atoms with Crippen LogP contribution in [0.4, 0.5) is 0 Å². The number of halogens is 3. The third-order valence-corrected chi connectivity index (χ3v) is 4.64. The summed E-state index contributed by atoms with van der Waals surface area (Å²) in [6.45, 7) is 0. The predicted octanol–water partition coefficient (Wildman–Crippen LogP) is 4.33. The number of nitrogens with zero attached hydrogens (tertiary/aromatic N) is 3. The molecule has 0 N–H and O–H groups in total. The second-order valence-electron chi connectivity index (χ2n) is 4.17. The number of hydrogen-bond donors (Lipinski definition) is 0. The summed E-state index contributed by atoms with van der Waals surface area (Å²) in [4.78, 5) is 13.1. The van der Waals surface area contributed by atoms with Gasteiger partial charge < -0.3 is 0 Å². The van der Waals surface area contributed by atoms with E-state index in [9.17, 15) is 0 Å². The van der Waals surface area contributed by atoms with Crippen molar-refractivity contribution < 1.29 is 0 Å². The van der Waals surface area contributed by atoms with Gasteiger partial charge in [0.1, 0.15) is 10.8 Å². The van der Waals surface area contributed by atoms with Gasteiger partial charge in [-0.05, 0) is 47.6 Å². The molecule has 92 valence electrons. The van der Waals surface area contributed by atoms with Crippen LogP contribution in [-0.2, 0) is 0 Å². The van der Waals surface area contributed by atoms with Crippen molar-refractivity contribution in [1.82, 2.24) is 15.0 Å². The topological polar surface area (TPSA) is 38.7 Å². The van der Waals surface area contributed by atoms with E-state index >= 15 is 0 Å². The van der Waals surface area contributed by atoms with Crippen LogP contribution in [0.15, 0.2) is 18.3 Å². The van der Waals surface area contributed by atoms with Crippen molar-refractivity contribution in [1.29, 1.82) is 0 Å². The Balaban J connectivity index is 2.09. The SMILES string of the molecule is Clc1ccc(-c2nc(Cl)c(I)c(C3CC3)n2)nc1. The molecule has 3 nitrogen and oxygen atoms in total. The second-order valence-corrected chi connectivity index (χ2v) is 6.05. The van der Waals surface area contributed by atoms with Gasteiger partial charge in [0.05, 0.1) is 14.3 Å². The van der Waals surface area contributed by atoms with E-state index in [1.165, 1.54) is 12.8 Å². The highest BCUT2D eigenvalue weighted by Gasteiger charge is 2.29. The van der Waals surface area contributed by atoms with Crippen LogP contribution in [0.1, 0.15) is 24.5 Å². The van der Waals surface area contributed by atoms with Gasteiger partial charge >= 0.3 is 0 Å². The van der Waals surface area contributed by atoms with Crippen LogP contribution in [0.2, 0.25) is 10.2 Å². The fourth-order valence-corrected chi connectivity index (χ4v) is 2.66. The van der Waals surface area contributed by atoms with E-state index in [4.69, 9.17) is 23.2 Å². The number of hydrogen-bond acceptors (Lipinski definition) is 3. The Labute approximate surface area is 128 Å². The summed E-state index contributed by atoms with van der Waals surface area (Å²) in [5.74, 6) is 1.10. The Kier molecular flexibility index (Phi) is 3.42. The molecule has 0 atom stereocenters. The zero-order valence-corrected chi connectivity index (χ0v) is 12.9. The highest BCUT2D eigenvalue weighted by molar-refractivity contribution is 14.1. The maximum Gasteiger partial charge on any atom is 0.179 e. The minimum absolute atomic E-state index is 0.499. The van der Waals surface area contributed by atoms with E-state index in [0.29, 0.717) is 27.6 Å². The van der Waals surface area contributed by atoms with Gasteiger partial charge in [-0.1, -0.05) is 23.2 Å². The first-order valence-corrected chi connectivity index (χ1v) is 7.33. The van der Waals surface area contributed by atoms with Gasteiger partial charge in [0.25, 0.3) is 0 Å². The van der Waals surface area contributed by atoms with Crippen LogP contribution >= 0.6 is 45.8 Å². The third kappa shape index (κ3) is 2.46. The monoisotopic (exact) mass is 391 g/mol. The van der Waals surface area contributed by atoms with E-state index in [1.807, 2.05) is 0 Å². The van der Waals surface area contributed by atoms with Gasteiger partial charge in [0.15, 0.2) is 5.82 Å². The van der Waals surface area contributed by atoms with Crippen molar-refractivity contribution in [3.05, 3.63) is 37.8 Å². The first kappa shape index (κ1) is 12.6. The molecule has 0 spiro atoms. The molecule has 0 bridgehead atoms. The first-order valence-electron chi connectivity index (χ1n) is 5.50. The molecule has 6 heteroatoms. The zero-order chi connectivity index (χ0) is 12.7. The third-order valence-electron chi connectivity index (χ3n) is 2.76. The van der Waals surface area contributed by atoms with Crippen molar-refractivity contribution >= 4 is 45.8 Å². The van der Waals surface area contributed by atoms with Crippen LogP contribution < -0.4 is 0 Å². The van der Waals surface area contributed by atoms with Gasteiger partial charge in [-0.3, -0.25) is 4.98 Å². The van der Waals surface area contributed by atoms with Crippen LogP contribution in [0, 0.1) is 3.57 Å². The smallest absolute Gasteiger partial charge is 0.179 e. The van der Waals surface area contributed by atoms with Gasteiger partial charge in [0.2, 0.25) is 0 Å². The predicted molar refractivity (Wildman–Crippen MR) is 80.0 cm³/mol. The average molecular weight is 392 g/mol. The fourth-order valence-electron chi connectivity index (χ4n) is 1.69. The second kappa shape index (κ2) is 4.90. The first-order chi connectivity index (χ1) is 8.65. The quantitative estimate of drug-likeness (QED) is 0.565. The molecule has 1 aliphatic carbocycles. The lowest BCUT2D eigenvalue weighted by Gasteiger charge is -2.06. The molecule has 2 aromatic heterocycles. The summed E-state index contributed by atoms with van der Waals surface area (Å²) in [6, 6.07) is 3.58. The molecular formula is C12H8Cl2IN3. The molecule has 1 fully saturated rings. The van der Waals surface area contributed by atoms with Crippen molar-refractivity contribution in [3.8, 4) is 11.5 Å². The molecule has 0 unspecified atom stereocenters. The maximum absolute atomic E-state index is 6.16. The summed E-state index contributed by atoms with van der Waals surface area (Å²) < 4.78 is 0.953. The minimum Gasteiger partial charge on any atom is -0.251 e. The lowest BCUT2D eigenvalue weighted by Crippen LogP contribution is -2.00. The standard InChI is InChI=1S/C12H8Cl2IN3/c13-7-3-4-8(16-5-7)12-17-10(6-1-2-6)9(15)11(14)18-12/h3-6H,1-2H2. The molecule has 2 heterocycles. The van der Waals surface area contributed by atoms with Crippen LogP contribution in [-0.4, -0.2) is 15.0 Å². The molecule has 0 aliphatic heterocycles. The van der Waals surface area contributed by atoms with Crippen molar-refractivity contribution in [2.75, 3.05) is 0 Å². The summed E-state index contributed by atoms with van der Waals surface area (Å²) in [5.41, 5.74) is 1.74. The highest BCUT2D eigenvalue weighted by atomic mass is 127. The van der Waals surface area contributed by atoms with Gasteiger partial charge in [-0.25, -0.2) is 9.97 Å². The van der Waals surface area contributed by atoms with Crippen LogP contribution in [0.25, 0.3) is 11.5 Å². The van der Waals surface area contributed by atoms with E-state index in [0.717, 1.165) is 9.26 Å². The molecule has 0 aromatic carbocycles. The molecule has 3 rings (SSSR count). The van der Waals surface area contributed by atoms with Gasteiger partial charge in [-0.2, -0.15) is 0 Å². The summed E-state index contributed by atoms with van der Waals surface area (Å²) in [7, 11) is 0. The lowest BCUT2D eigenvalue weighted by atomic mass is 10.2. The number of pyridine rings is 1. The fraction of sp³-hybridized carbons (Fsp3) is 0.250. The van der Waals surface area contributed by atoms with Crippen molar-refractivity contribution in [2.24, 2.45) is 0 Å². The van der Waals surface area contributed by atoms with E-state index in [1.54, 1.807) is 18.3 Å². The Hall–Kier alpha value is -0.460. The summed E-state index contributed by atoms with van der Waals surface area (Å²) in [5, 5.41) is 1.09. The molecule has 0 radical (unpaired) electrons. The van der Waals surface area contributed by atoms with Crippen molar-refractivity contribution in [2.45, 2.75) is 18.8 Å². The largest absolute Gasteiger partial charge is 0.251 e. The molecule has 1 saturated carbocycles. The van der Waals surface area contributed by atoms with E-state index < -0.39 is 0 Å². The van der Waals surface area contributed by atoms with E-state index in [-0.39, 0.29) is 0 Å². The lowest BCUT2D eigenvalue weighted by molar-refractivity contribution is 0.972. The number of aromatic nitrogens is 3. The molecule has 2 aromatic rings.